The third kappa shape index (κ3) is 1.62. The average Bonchev–Trinajstić information content (AvgIpc) is 3.00. The fourth-order valence-electron chi connectivity index (χ4n) is 1.89. The lowest BCUT2D eigenvalue weighted by molar-refractivity contribution is -0.138. The predicted octanol–water partition coefficient (Wildman–Crippen LogP) is 2.16. The van der Waals surface area contributed by atoms with Crippen LogP contribution >= 0.6 is 0 Å². The summed E-state index contributed by atoms with van der Waals surface area (Å²) in [5.74, 6) is -3.58. The highest BCUT2D eigenvalue weighted by Gasteiger charge is 2.47. The molecule has 0 heterocycles. The number of rotatable bonds is 3. The van der Waals surface area contributed by atoms with Gasteiger partial charge in [0.05, 0.1) is 13.0 Å². The number of carboxylic acids is 1. The molecular formula is C11H10F2O3. The zero-order valence-corrected chi connectivity index (χ0v) is 8.54. The van der Waals surface area contributed by atoms with E-state index in [4.69, 9.17) is 9.84 Å². The lowest BCUT2D eigenvalue weighted by Crippen LogP contribution is -2.03. The third-order valence-corrected chi connectivity index (χ3v) is 2.78. The van der Waals surface area contributed by atoms with Crippen LogP contribution in [0.4, 0.5) is 8.78 Å². The van der Waals surface area contributed by atoms with E-state index in [9.17, 15) is 13.6 Å². The molecule has 1 aliphatic rings. The van der Waals surface area contributed by atoms with Crippen molar-refractivity contribution in [1.82, 2.24) is 0 Å². The maximum Gasteiger partial charge on any atom is 0.307 e. The van der Waals surface area contributed by atoms with Crippen molar-refractivity contribution in [3.63, 3.8) is 0 Å². The van der Waals surface area contributed by atoms with Gasteiger partial charge in [-0.15, -0.1) is 0 Å². The molecule has 0 amide bonds. The first-order valence-electron chi connectivity index (χ1n) is 4.81. The van der Waals surface area contributed by atoms with Gasteiger partial charge in [0.1, 0.15) is 5.82 Å². The van der Waals surface area contributed by atoms with Crippen molar-refractivity contribution in [1.29, 1.82) is 0 Å². The molecular weight excluding hydrogens is 218 g/mol. The standard InChI is InChI=1S/C11H10F2O3/c1-16-10-8(13)3-2-7(12)9(10)5-4-6(5)11(14)15/h2-3,5-6H,4H2,1H3,(H,14,15)/t5-,6-/m1/s1. The Balaban J connectivity index is 2.41. The largest absolute Gasteiger partial charge is 0.493 e. The highest BCUT2D eigenvalue weighted by atomic mass is 19.1. The summed E-state index contributed by atoms with van der Waals surface area (Å²) in [5, 5.41) is 8.75. The van der Waals surface area contributed by atoms with E-state index in [0.717, 1.165) is 12.1 Å². The summed E-state index contributed by atoms with van der Waals surface area (Å²) < 4.78 is 31.6. The zero-order valence-electron chi connectivity index (χ0n) is 8.54. The molecule has 86 valence electrons. The second kappa shape index (κ2) is 3.73. The SMILES string of the molecule is COc1c(F)ccc(F)c1[C@@H]1C[C@H]1C(=O)O. The van der Waals surface area contributed by atoms with Gasteiger partial charge in [-0.05, 0) is 18.6 Å². The normalized spacial score (nSPS) is 22.9. The van der Waals surface area contributed by atoms with E-state index >= 15 is 0 Å². The van der Waals surface area contributed by atoms with Crippen molar-refractivity contribution in [2.75, 3.05) is 7.11 Å². The number of carboxylic acid groups (broad SMARTS) is 1. The molecule has 1 saturated carbocycles. The Morgan fingerprint density at radius 2 is 2.06 bits per heavy atom. The lowest BCUT2D eigenvalue weighted by Gasteiger charge is -2.09. The summed E-state index contributed by atoms with van der Waals surface area (Å²) in [6, 6.07) is 1.96. The van der Waals surface area contributed by atoms with E-state index < -0.39 is 29.4 Å². The van der Waals surface area contributed by atoms with Gasteiger partial charge in [-0.1, -0.05) is 0 Å². The van der Waals surface area contributed by atoms with Crippen LogP contribution in [0.1, 0.15) is 17.9 Å². The van der Waals surface area contributed by atoms with E-state index in [0.29, 0.717) is 6.42 Å². The second-order valence-electron chi connectivity index (χ2n) is 3.76. The highest BCUT2D eigenvalue weighted by Crippen LogP contribution is 2.51. The molecule has 3 nitrogen and oxygen atoms in total. The fourth-order valence-corrected chi connectivity index (χ4v) is 1.89. The fraction of sp³-hybridized carbons (Fsp3) is 0.364. The first kappa shape index (κ1) is 10.9. The predicted molar refractivity (Wildman–Crippen MR) is 51.4 cm³/mol. The lowest BCUT2D eigenvalue weighted by atomic mass is 10.1. The molecule has 2 atom stereocenters. The summed E-state index contributed by atoms with van der Waals surface area (Å²) in [6.07, 6.45) is 0.325. The maximum absolute atomic E-state index is 13.5. The Morgan fingerprint density at radius 1 is 1.44 bits per heavy atom. The van der Waals surface area contributed by atoms with Crippen LogP contribution in [-0.4, -0.2) is 18.2 Å². The quantitative estimate of drug-likeness (QED) is 0.862. The minimum Gasteiger partial charge on any atom is -0.493 e. The summed E-state index contributed by atoms with van der Waals surface area (Å²) in [6.45, 7) is 0. The molecule has 0 radical (unpaired) electrons. The Kier molecular flexibility index (Phi) is 2.53. The Bertz CT molecular complexity index is 445. The molecule has 0 aromatic heterocycles. The van der Waals surface area contributed by atoms with Crippen molar-refractivity contribution in [2.45, 2.75) is 12.3 Å². The average molecular weight is 228 g/mol. The van der Waals surface area contributed by atoms with Crippen LogP contribution < -0.4 is 4.74 Å². The first-order valence-corrected chi connectivity index (χ1v) is 4.81. The topological polar surface area (TPSA) is 46.5 Å². The molecule has 5 heteroatoms. The number of aliphatic carboxylic acids is 1. The van der Waals surface area contributed by atoms with Crippen LogP contribution in [-0.2, 0) is 4.79 Å². The van der Waals surface area contributed by atoms with E-state index in [2.05, 4.69) is 0 Å². The van der Waals surface area contributed by atoms with Crippen molar-refractivity contribution in [2.24, 2.45) is 5.92 Å². The molecule has 1 fully saturated rings. The van der Waals surface area contributed by atoms with E-state index in [1.165, 1.54) is 7.11 Å². The molecule has 0 saturated heterocycles. The summed E-state index contributed by atoms with van der Waals surface area (Å²) in [4.78, 5) is 10.7. The van der Waals surface area contributed by atoms with Crippen molar-refractivity contribution in [3.05, 3.63) is 29.3 Å². The molecule has 16 heavy (non-hydrogen) atoms. The molecule has 0 spiro atoms. The molecule has 2 rings (SSSR count). The number of ether oxygens (including phenoxy) is 1. The Labute approximate surface area is 90.7 Å². The van der Waals surface area contributed by atoms with Crippen LogP contribution in [0.3, 0.4) is 0 Å². The number of halogens is 2. The van der Waals surface area contributed by atoms with Gasteiger partial charge in [0.15, 0.2) is 11.6 Å². The highest BCUT2D eigenvalue weighted by molar-refractivity contribution is 5.75. The molecule has 1 aromatic carbocycles. The van der Waals surface area contributed by atoms with E-state index in [1.807, 2.05) is 0 Å². The van der Waals surface area contributed by atoms with Crippen molar-refractivity contribution < 1.29 is 23.4 Å². The van der Waals surface area contributed by atoms with Crippen LogP contribution in [0, 0.1) is 17.6 Å². The molecule has 1 aromatic rings. The van der Waals surface area contributed by atoms with Crippen LogP contribution in [0.25, 0.3) is 0 Å². The second-order valence-corrected chi connectivity index (χ2v) is 3.76. The van der Waals surface area contributed by atoms with Crippen LogP contribution in [0.5, 0.6) is 5.75 Å². The van der Waals surface area contributed by atoms with Gasteiger partial charge in [0.2, 0.25) is 0 Å². The summed E-state index contributed by atoms with van der Waals surface area (Å²) in [7, 11) is 1.24. The minimum absolute atomic E-state index is 0.0369. The van der Waals surface area contributed by atoms with Crippen molar-refractivity contribution >= 4 is 5.97 Å². The van der Waals surface area contributed by atoms with Crippen LogP contribution in [0.15, 0.2) is 12.1 Å². The Hall–Kier alpha value is -1.65. The van der Waals surface area contributed by atoms with Gasteiger partial charge in [-0.2, -0.15) is 0 Å². The molecule has 0 bridgehead atoms. The monoisotopic (exact) mass is 228 g/mol. The zero-order chi connectivity index (χ0) is 11.9. The third-order valence-electron chi connectivity index (χ3n) is 2.78. The number of hydrogen-bond donors (Lipinski definition) is 1. The van der Waals surface area contributed by atoms with Gasteiger partial charge >= 0.3 is 5.97 Å². The number of benzene rings is 1. The van der Waals surface area contributed by atoms with Gasteiger partial charge in [-0.25, -0.2) is 8.78 Å². The summed E-state index contributed by atoms with van der Waals surface area (Å²) in [5.41, 5.74) is 0.0369. The minimum atomic E-state index is -0.990. The van der Waals surface area contributed by atoms with Gasteiger partial charge < -0.3 is 9.84 Å². The summed E-state index contributed by atoms with van der Waals surface area (Å²) >= 11 is 0. The Morgan fingerprint density at radius 3 is 2.56 bits per heavy atom. The maximum atomic E-state index is 13.5. The van der Waals surface area contributed by atoms with Crippen molar-refractivity contribution in [3.8, 4) is 5.75 Å². The van der Waals surface area contributed by atoms with E-state index in [1.54, 1.807) is 0 Å². The first-order chi connectivity index (χ1) is 7.56. The number of hydrogen-bond acceptors (Lipinski definition) is 2. The molecule has 1 N–H and O–H groups in total. The molecule has 1 aliphatic carbocycles. The molecule has 0 unspecified atom stereocenters. The number of methoxy groups -OCH3 is 1. The van der Waals surface area contributed by atoms with Gasteiger partial charge in [0, 0.05) is 11.5 Å². The number of carbonyl (C=O) groups is 1. The smallest absolute Gasteiger partial charge is 0.307 e. The molecule has 0 aliphatic heterocycles. The van der Waals surface area contributed by atoms with Gasteiger partial charge in [-0.3, -0.25) is 4.79 Å². The van der Waals surface area contributed by atoms with Gasteiger partial charge in [0.25, 0.3) is 0 Å². The van der Waals surface area contributed by atoms with Crippen LogP contribution in [0.2, 0.25) is 0 Å². The van der Waals surface area contributed by atoms with E-state index in [-0.39, 0.29) is 11.3 Å².